The van der Waals surface area contributed by atoms with E-state index >= 15 is 0 Å². The first-order valence-corrected chi connectivity index (χ1v) is 10.6. The Labute approximate surface area is 161 Å². The number of nitrogens with two attached hydrogens (primary N) is 1. The molecular weight excluding hydrogens is 322 g/mol. The molecule has 0 bridgehead atoms. The lowest BCUT2D eigenvalue weighted by molar-refractivity contribution is 0.177. The topological polar surface area (TPSA) is 55.5 Å². The summed E-state index contributed by atoms with van der Waals surface area (Å²) in [6.07, 6.45) is 11.3. The van der Waals surface area contributed by atoms with Crippen LogP contribution in [0.4, 0.5) is 0 Å². The van der Waals surface area contributed by atoms with Gasteiger partial charge in [-0.05, 0) is 49.3 Å². The fourth-order valence-electron chi connectivity index (χ4n) is 3.30. The summed E-state index contributed by atoms with van der Waals surface area (Å²) in [5, 5.41) is 9.51. The molecule has 3 nitrogen and oxygen atoms in total. The number of ether oxygens (including phenoxy) is 1. The average Bonchev–Trinajstić information content (AvgIpc) is 2.63. The second-order valence-electron chi connectivity index (χ2n) is 8.21. The van der Waals surface area contributed by atoms with Crippen LogP contribution in [0.1, 0.15) is 84.1 Å². The van der Waals surface area contributed by atoms with E-state index in [1.807, 2.05) is 0 Å². The van der Waals surface area contributed by atoms with Crippen LogP contribution in [0.3, 0.4) is 0 Å². The second-order valence-corrected chi connectivity index (χ2v) is 8.21. The van der Waals surface area contributed by atoms with Crippen molar-refractivity contribution in [3.05, 3.63) is 29.8 Å². The van der Waals surface area contributed by atoms with Gasteiger partial charge in [0.25, 0.3) is 0 Å². The van der Waals surface area contributed by atoms with Gasteiger partial charge < -0.3 is 15.6 Å². The minimum atomic E-state index is -0.445. The van der Waals surface area contributed by atoms with Crippen molar-refractivity contribution in [1.29, 1.82) is 0 Å². The monoisotopic (exact) mass is 363 g/mol. The Morgan fingerprint density at radius 2 is 1.65 bits per heavy atom. The van der Waals surface area contributed by atoms with Crippen LogP contribution in [0, 0.1) is 5.92 Å². The second kappa shape index (κ2) is 13.2. The molecule has 0 saturated heterocycles. The zero-order chi connectivity index (χ0) is 19.3. The Kier molecular flexibility index (Phi) is 11.6. The van der Waals surface area contributed by atoms with Crippen LogP contribution in [0.15, 0.2) is 24.3 Å². The third kappa shape index (κ3) is 10.2. The lowest BCUT2D eigenvalue weighted by Crippen LogP contribution is -2.43. The first-order valence-electron chi connectivity index (χ1n) is 10.6. The van der Waals surface area contributed by atoms with Gasteiger partial charge in [0, 0.05) is 5.54 Å². The molecule has 150 valence electrons. The van der Waals surface area contributed by atoms with Gasteiger partial charge in [0.15, 0.2) is 0 Å². The van der Waals surface area contributed by atoms with Crippen LogP contribution >= 0.6 is 0 Å². The summed E-state index contributed by atoms with van der Waals surface area (Å²) in [7, 11) is 0. The molecule has 0 amide bonds. The summed E-state index contributed by atoms with van der Waals surface area (Å²) < 4.78 is 5.85. The molecular formula is C23H41NO2. The minimum absolute atomic E-state index is 0.0551. The van der Waals surface area contributed by atoms with Crippen molar-refractivity contribution >= 4 is 0 Å². The standard InChI is InChI=1S/C23H41NO2/c1-4-16-23(24,19-25)17-15-21-11-13-22(14-12-21)26-18-9-7-5-6-8-10-20(2)3/h11-14,20,25H,4-10,15-19,24H2,1-3H3. The van der Waals surface area contributed by atoms with Crippen LogP contribution in [0.2, 0.25) is 0 Å². The van der Waals surface area contributed by atoms with Gasteiger partial charge in [-0.15, -0.1) is 0 Å². The van der Waals surface area contributed by atoms with Gasteiger partial charge in [0.1, 0.15) is 5.75 Å². The number of aliphatic hydroxyl groups excluding tert-OH is 1. The molecule has 1 rings (SSSR count). The summed E-state index contributed by atoms with van der Waals surface area (Å²) in [5.74, 6) is 1.78. The predicted molar refractivity (Wildman–Crippen MR) is 112 cm³/mol. The highest BCUT2D eigenvalue weighted by molar-refractivity contribution is 5.27. The third-order valence-electron chi connectivity index (χ3n) is 5.09. The molecule has 0 fully saturated rings. The molecule has 1 aromatic rings. The smallest absolute Gasteiger partial charge is 0.119 e. The van der Waals surface area contributed by atoms with Crippen molar-refractivity contribution in [2.45, 2.75) is 90.5 Å². The number of rotatable bonds is 15. The summed E-state index contributed by atoms with van der Waals surface area (Å²) >= 11 is 0. The fourth-order valence-corrected chi connectivity index (χ4v) is 3.30. The first kappa shape index (κ1) is 23.0. The highest BCUT2D eigenvalue weighted by atomic mass is 16.5. The zero-order valence-electron chi connectivity index (χ0n) is 17.3. The van der Waals surface area contributed by atoms with Gasteiger partial charge in [-0.3, -0.25) is 0 Å². The largest absolute Gasteiger partial charge is 0.494 e. The maximum atomic E-state index is 9.51. The Hall–Kier alpha value is -1.06. The van der Waals surface area contributed by atoms with E-state index in [2.05, 4.69) is 45.0 Å². The van der Waals surface area contributed by atoms with Crippen LogP contribution in [0.25, 0.3) is 0 Å². The van der Waals surface area contributed by atoms with Crippen LogP contribution in [-0.4, -0.2) is 23.9 Å². The average molecular weight is 364 g/mol. The first-order chi connectivity index (χ1) is 12.5. The molecule has 0 aliphatic heterocycles. The number of hydrogen-bond acceptors (Lipinski definition) is 3. The van der Waals surface area contributed by atoms with Crippen molar-refractivity contribution in [1.82, 2.24) is 0 Å². The Morgan fingerprint density at radius 1 is 1.00 bits per heavy atom. The third-order valence-corrected chi connectivity index (χ3v) is 5.09. The van der Waals surface area contributed by atoms with Crippen molar-refractivity contribution < 1.29 is 9.84 Å². The zero-order valence-corrected chi connectivity index (χ0v) is 17.3. The lowest BCUT2D eigenvalue weighted by Gasteiger charge is -2.26. The highest BCUT2D eigenvalue weighted by Crippen LogP contribution is 2.19. The summed E-state index contributed by atoms with van der Waals surface area (Å²) in [4.78, 5) is 0. The van der Waals surface area contributed by atoms with Crippen molar-refractivity contribution in [3.63, 3.8) is 0 Å². The molecule has 0 radical (unpaired) electrons. The molecule has 1 unspecified atom stereocenters. The Balaban J connectivity index is 2.18. The number of hydrogen-bond donors (Lipinski definition) is 2. The molecule has 1 atom stereocenters. The molecule has 0 spiro atoms. The summed E-state index contributed by atoms with van der Waals surface area (Å²) in [6, 6.07) is 8.33. The van der Waals surface area contributed by atoms with Crippen LogP contribution in [0.5, 0.6) is 5.75 Å². The molecule has 0 saturated carbocycles. The van der Waals surface area contributed by atoms with Crippen molar-refractivity contribution in [2.75, 3.05) is 13.2 Å². The summed E-state index contributed by atoms with van der Waals surface area (Å²) in [5.41, 5.74) is 7.06. The maximum absolute atomic E-state index is 9.51. The molecule has 0 aliphatic carbocycles. The Bertz CT molecular complexity index is 458. The number of aliphatic hydroxyl groups is 1. The fraction of sp³-hybridized carbons (Fsp3) is 0.739. The van der Waals surface area contributed by atoms with Gasteiger partial charge >= 0.3 is 0 Å². The van der Waals surface area contributed by atoms with E-state index in [1.54, 1.807) is 0 Å². The molecule has 26 heavy (non-hydrogen) atoms. The molecule has 0 aromatic heterocycles. The number of unbranched alkanes of at least 4 members (excludes halogenated alkanes) is 4. The van der Waals surface area contributed by atoms with Gasteiger partial charge in [-0.25, -0.2) is 0 Å². The minimum Gasteiger partial charge on any atom is -0.494 e. The highest BCUT2D eigenvalue weighted by Gasteiger charge is 2.22. The van der Waals surface area contributed by atoms with E-state index in [-0.39, 0.29) is 6.61 Å². The van der Waals surface area contributed by atoms with Crippen molar-refractivity contribution in [2.24, 2.45) is 11.7 Å². The molecule has 0 aliphatic rings. The van der Waals surface area contributed by atoms with E-state index in [0.29, 0.717) is 0 Å². The van der Waals surface area contributed by atoms with E-state index in [1.165, 1.54) is 37.7 Å². The van der Waals surface area contributed by atoms with Gasteiger partial charge in [0.2, 0.25) is 0 Å². The van der Waals surface area contributed by atoms with E-state index in [9.17, 15) is 5.11 Å². The van der Waals surface area contributed by atoms with Crippen LogP contribution < -0.4 is 10.5 Å². The van der Waals surface area contributed by atoms with Crippen molar-refractivity contribution in [3.8, 4) is 5.75 Å². The van der Waals surface area contributed by atoms with E-state index in [4.69, 9.17) is 10.5 Å². The quantitative estimate of drug-likeness (QED) is 0.405. The molecule has 3 heteroatoms. The molecule has 3 N–H and O–H groups in total. The summed E-state index contributed by atoms with van der Waals surface area (Å²) in [6.45, 7) is 7.55. The van der Waals surface area contributed by atoms with Crippen LogP contribution in [-0.2, 0) is 6.42 Å². The Morgan fingerprint density at radius 3 is 2.27 bits per heavy atom. The molecule has 1 aromatic carbocycles. The predicted octanol–water partition coefficient (Wildman–Crippen LogP) is 5.48. The van der Waals surface area contributed by atoms with Gasteiger partial charge in [0.05, 0.1) is 13.2 Å². The maximum Gasteiger partial charge on any atom is 0.119 e. The number of benzene rings is 1. The lowest BCUT2D eigenvalue weighted by atomic mass is 9.89. The van der Waals surface area contributed by atoms with Gasteiger partial charge in [-0.2, -0.15) is 0 Å². The number of aryl methyl sites for hydroxylation is 1. The van der Waals surface area contributed by atoms with Gasteiger partial charge in [-0.1, -0.05) is 71.4 Å². The molecule has 0 heterocycles. The van der Waals surface area contributed by atoms with E-state index in [0.717, 1.165) is 50.4 Å². The van der Waals surface area contributed by atoms with E-state index < -0.39 is 5.54 Å². The SMILES string of the molecule is CCCC(N)(CO)CCc1ccc(OCCCCCCCC(C)C)cc1. The normalized spacial score (nSPS) is 13.8.